The molecule has 5 heteroatoms. The lowest BCUT2D eigenvalue weighted by Crippen LogP contribution is -2.01. The third-order valence-electron chi connectivity index (χ3n) is 2.08. The molecule has 0 fully saturated rings. The zero-order valence-electron chi connectivity index (χ0n) is 8.58. The number of aromatic nitrogens is 1. The molecule has 1 unspecified atom stereocenters. The molecule has 0 amide bonds. The molecule has 1 atom stereocenters. The summed E-state index contributed by atoms with van der Waals surface area (Å²) in [6.45, 7) is 1.84. The summed E-state index contributed by atoms with van der Waals surface area (Å²) >= 11 is 1.34. The van der Waals surface area contributed by atoms with Crippen LogP contribution in [0.4, 0.5) is 8.78 Å². The Labute approximate surface area is 95.7 Å². The van der Waals surface area contributed by atoms with Crippen LogP contribution in [0, 0.1) is 11.6 Å². The number of benzene rings is 1. The molecule has 0 bridgehead atoms. The van der Waals surface area contributed by atoms with Crippen LogP contribution in [0.1, 0.15) is 17.8 Å². The number of rotatable bonds is 2. The van der Waals surface area contributed by atoms with E-state index in [1.165, 1.54) is 23.5 Å². The smallest absolute Gasteiger partial charge is 0.126 e. The van der Waals surface area contributed by atoms with E-state index in [9.17, 15) is 8.78 Å². The average Bonchev–Trinajstić information content (AvgIpc) is 2.64. The highest BCUT2D eigenvalue weighted by Crippen LogP contribution is 2.28. The van der Waals surface area contributed by atoms with Gasteiger partial charge in [-0.15, -0.1) is 11.3 Å². The Balaban J connectivity index is 2.42. The molecule has 0 radical (unpaired) electrons. The summed E-state index contributed by atoms with van der Waals surface area (Å²) in [6.07, 6.45) is 1.63. The van der Waals surface area contributed by atoms with Crippen molar-refractivity contribution in [2.24, 2.45) is 5.73 Å². The largest absolute Gasteiger partial charge is 0.323 e. The van der Waals surface area contributed by atoms with Gasteiger partial charge in [-0.3, -0.25) is 0 Å². The summed E-state index contributed by atoms with van der Waals surface area (Å²) in [6, 6.07) is 3.23. The molecule has 0 aliphatic heterocycles. The molecule has 2 N–H and O–H groups in total. The monoisotopic (exact) mass is 240 g/mol. The van der Waals surface area contributed by atoms with E-state index in [1.54, 1.807) is 6.20 Å². The van der Waals surface area contributed by atoms with E-state index >= 15 is 0 Å². The van der Waals surface area contributed by atoms with Gasteiger partial charge in [-0.25, -0.2) is 13.8 Å². The van der Waals surface area contributed by atoms with E-state index in [2.05, 4.69) is 4.98 Å². The van der Waals surface area contributed by atoms with Crippen molar-refractivity contribution >= 4 is 11.3 Å². The van der Waals surface area contributed by atoms with Crippen molar-refractivity contribution in [3.8, 4) is 10.6 Å². The van der Waals surface area contributed by atoms with Crippen LogP contribution < -0.4 is 5.73 Å². The molecular formula is C11H10F2N2S. The molecule has 0 saturated carbocycles. The summed E-state index contributed by atoms with van der Waals surface area (Å²) in [5.41, 5.74) is 6.13. The Morgan fingerprint density at radius 3 is 2.38 bits per heavy atom. The van der Waals surface area contributed by atoms with Crippen LogP contribution in [0.25, 0.3) is 10.6 Å². The quantitative estimate of drug-likeness (QED) is 0.876. The summed E-state index contributed by atoms with van der Waals surface area (Å²) in [5.74, 6) is -1.21. The molecule has 0 spiro atoms. The third-order valence-corrected chi connectivity index (χ3v) is 3.33. The first kappa shape index (κ1) is 11.2. The molecule has 0 aliphatic carbocycles. The van der Waals surface area contributed by atoms with Gasteiger partial charge in [-0.1, -0.05) is 0 Å². The number of nitrogens with two attached hydrogens (primary N) is 1. The lowest BCUT2D eigenvalue weighted by atomic mass is 10.2. The molecule has 16 heavy (non-hydrogen) atoms. The van der Waals surface area contributed by atoms with Crippen LogP contribution in [0.15, 0.2) is 24.4 Å². The summed E-state index contributed by atoms with van der Waals surface area (Å²) < 4.78 is 26.0. The van der Waals surface area contributed by atoms with Gasteiger partial charge in [0.05, 0.1) is 0 Å². The molecule has 1 aromatic heterocycles. The van der Waals surface area contributed by atoms with Crippen LogP contribution in [0.3, 0.4) is 0 Å². The Morgan fingerprint density at radius 2 is 1.88 bits per heavy atom. The molecule has 2 nitrogen and oxygen atoms in total. The fraction of sp³-hybridized carbons (Fsp3) is 0.182. The van der Waals surface area contributed by atoms with Gasteiger partial charge in [0.25, 0.3) is 0 Å². The highest BCUT2D eigenvalue weighted by Gasteiger charge is 2.09. The second-order valence-electron chi connectivity index (χ2n) is 3.51. The van der Waals surface area contributed by atoms with Gasteiger partial charge in [-0.05, 0) is 19.1 Å². The molecule has 2 aromatic rings. The van der Waals surface area contributed by atoms with E-state index in [0.29, 0.717) is 10.6 Å². The van der Waals surface area contributed by atoms with Crippen molar-refractivity contribution in [1.82, 2.24) is 4.98 Å². The van der Waals surface area contributed by atoms with Crippen LogP contribution in [-0.2, 0) is 0 Å². The summed E-state index contributed by atoms with van der Waals surface area (Å²) in [7, 11) is 0. The maximum Gasteiger partial charge on any atom is 0.126 e. The Morgan fingerprint density at radius 1 is 1.25 bits per heavy atom. The highest BCUT2D eigenvalue weighted by atomic mass is 32.1. The van der Waals surface area contributed by atoms with Crippen LogP contribution in [0.5, 0.6) is 0 Å². The average molecular weight is 240 g/mol. The number of halogens is 2. The lowest BCUT2D eigenvalue weighted by molar-refractivity contribution is 0.584. The number of thiazole rings is 1. The van der Waals surface area contributed by atoms with Gasteiger partial charge in [0, 0.05) is 28.7 Å². The molecule has 1 aromatic carbocycles. The Bertz CT molecular complexity index is 488. The minimum Gasteiger partial charge on any atom is -0.323 e. The number of hydrogen-bond acceptors (Lipinski definition) is 3. The minimum absolute atomic E-state index is 0.121. The van der Waals surface area contributed by atoms with E-state index in [-0.39, 0.29) is 6.04 Å². The van der Waals surface area contributed by atoms with Gasteiger partial charge in [0.2, 0.25) is 0 Å². The molecule has 0 saturated heterocycles. The Hall–Kier alpha value is -1.33. The van der Waals surface area contributed by atoms with Gasteiger partial charge < -0.3 is 5.73 Å². The molecule has 2 rings (SSSR count). The van der Waals surface area contributed by atoms with E-state index in [4.69, 9.17) is 5.73 Å². The normalized spacial score (nSPS) is 12.8. The van der Waals surface area contributed by atoms with Crippen LogP contribution in [-0.4, -0.2) is 4.98 Å². The minimum atomic E-state index is -0.604. The fourth-order valence-corrected chi connectivity index (χ4v) is 2.16. The number of hydrogen-bond donors (Lipinski definition) is 1. The topological polar surface area (TPSA) is 38.9 Å². The second-order valence-corrected chi connectivity index (χ2v) is 4.58. The van der Waals surface area contributed by atoms with Crippen LogP contribution in [0.2, 0.25) is 0 Å². The number of nitrogens with zero attached hydrogens (tertiary/aromatic N) is 1. The standard InChI is InChI=1S/C11H10F2N2S/c1-6(14)10-5-15-11(16-10)7-2-8(12)4-9(13)3-7/h2-6H,14H2,1H3. The molecule has 1 heterocycles. The lowest BCUT2D eigenvalue weighted by Gasteiger charge is -1.98. The molecule has 0 aliphatic rings. The predicted molar refractivity (Wildman–Crippen MR) is 60.1 cm³/mol. The van der Waals surface area contributed by atoms with Gasteiger partial charge >= 0.3 is 0 Å². The zero-order valence-corrected chi connectivity index (χ0v) is 9.39. The van der Waals surface area contributed by atoms with E-state index in [1.807, 2.05) is 6.92 Å². The fourth-order valence-electron chi connectivity index (χ4n) is 1.31. The highest BCUT2D eigenvalue weighted by molar-refractivity contribution is 7.15. The third kappa shape index (κ3) is 2.25. The van der Waals surface area contributed by atoms with Crippen molar-refractivity contribution in [1.29, 1.82) is 0 Å². The van der Waals surface area contributed by atoms with Crippen molar-refractivity contribution < 1.29 is 8.78 Å². The maximum absolute atomic E-state index is 13.0. The van der Waals surface area contributed by atoms with Crippen molar-refractivity contribution in [3.05, 3.63) is 40.9 Å². The van der Waals surface area contributed by atoms with Crippen molar-refractivity contribution in [2.75, 3.05) is 0 Å². The van der Waals surface area contributed by atoms with Crippen molar-refractivity contribution in [2.45, 2.75) is 13.0 Å². The predicted octanol–water partition coefficient (Wildman–Crippen LogP) is 3.11. The Kier molecular flexibility index (Phi) is 2.98. The van der Waals surface area contributed by atoms with Crippen LogP contribution >= 0.6 is 11.3 Å². The summed E-state index contributed by atoms with van der Waals surface area (Å²) in [5, 5.41) is 0.575. The van der Waals surface area contributed by atoms with Gasteiger partial charge in [0.1, 0.15) is 16.6 Å². The zero-order chi connectivity index (χ0) is 11.7. The molecule has 84 valence electrons. The summed E-state index contributed by atoms with van der Waals surface area (Å²) in [4.78, 5) is 4.98. The first-order valence-corrected chi connectivity index (χ1v) is 5.55. The first-order chi connectivity index (χ1) is 7.56. The van der Waals surface area contributed by atoms with E-state index in [0.717, 1.165) is 10.9 Å². The van der Waals surface area contributed by atoms with Crippen molar-refractivity contribution in [3.63, 3.8) is 0 Å². The SMILES string of the molecule is CC(N)c1cnc(-c2cc(F)cc(F)c2)s1. The maximum atomic E-state index is 13.0. The van der Waals surface area contributed by atoms with Gasteiger partial charge in [-0.2, -0.15) is 0 Å². The van der Waals surface area contributed by atoms with Gasteiger partial charge in [0.15, 0.2) is 0 Å². The second kappa shape index (κ2) is 4.27. The van der Waals surface area contributed by atoms with E-state index < -0.39 is 11.6 Å². The first-order valence-electron chi connectivity index (χ1n) is 4.74. The molecular weight excluding hydrogens is 230 g/mol.